The van der Waals surface area contributed by atoms with E-state index in [0.29, 0.717) is 13.2 Å². The third-order valence-electron chi connectivity index (χ3n) is 0.739. The first-order valence-electron chi connectivity index (χ1n) is 3.13. The van der Waals surface area contributed by atoms with Crippen molar-refractivity contribution in [2.24, 2.45) is 0 Å². The lowest BCUT2D eigenvalue weighted by Crippen LogP contribution is -2.05. The smallest absolute Gasteiger partial charge is 0.302 e. The monoisotopic (exact) mass is 144 g/mol. The summed E-state index contributed by atoms with van der Waals surface area (Å²) in [5, 5.41) is 0. The molecule has 0 aliphatic rings. The maximum atomic E-state index is 10.2. The van der Waals surface area contributed by atoms with Gasteiger partial charge < -0.3 is 9.47 Å². The third kappa shape index (κ3) is 7.01. The molecule has 3 heteroatoms. The number of ether oxygens (including phenoxy) is 2. The maximum Gasteiger partial charge on any atom is 0.302 e. The molecule has 0 aromatic rings. The highest BCUT2D eigenvalue weighted by Gasteiger charge is 1.89. The van der Waals surface area contributed by atoms with Gasteiger partial charge in [-0.3, -0.25) is 4.79 Å². The van der Waals surface area contributed by atoms with Crippen LogP contribution in [0.4, 0.5) is 0 Å². The number of hydrogen-bond acceptors (Lipinski definition) is 3. The zero-order valence-electron chi connectivity index (χ0n) is 6.29. The Morgan fingerprint density at radius 2 is 2.20 bits per heavy atom. The van der Waals surface area contributed by atoms with Crippen LogP contribution in [0, 0.1) is 0 Å². The fraction of sp³-hybridized carbons (Fsp3) is 0.571. The molecule has 0 rings (SSSR count). The molecule has 0 spiro atoms. The van der Waals surface area contributed by atoms with Crippen LogP contribution in [-0.2, 0) is 14.3 Å². The van der Waals surface area contributed by atoms with E-state index in [2.05, 4.69) is 4.74 Å². The van der Waals surface area contributed by atoms with Gasteiger partial charge in [0.25, 0.3) is 0 Å². The van der Waals surface area contributed by atoms with Crippen LogP contribution < -0.4 is 0 Å². The summed E-state index contributed by atoms with van der Waals surface area (Å²) in [6.45, 7) is 3.96. The van der Waals surface area contributed by atoms with E-state index >= 15 is 0 Å². The molecule has 0 aromatic heterocycles. The standard InChI is InChI=1S/C7H12O3/c1-3-4-9-5-6-10-7(2)8/h3-4H,5-6H2,1-2H3. The lowest BCUT2D eigenvalue weighted by molar-refractivity contribution is -0.141. The summed E-state index contributed by atoms with van der Waals surface area (Å²) >= 11 is 0. The zero-order valence-corrected chi connectivity index (χ0v) is 6.29. The highest BCUT2D eigenvalue weighted by molar-refractivity contribution is 5.65. The molecule has 0 amide bonds. The summed E-state index contributed by atoms with van der Waals surface area (Å²) < 4.78 is 9.47. The van der Waals surface area contributed by atoms with E-state index < -0.39 is 0 Å². The average molecular weight is 144 g/mol. The number of rotatable bonds is 4. The van der Waals surface area contributed by atoms with Crippen LogP contribution in [0.25, 0.3) is 0 Å². The molecular formula is C7H12O3. The van der Waals surface area contributed by atoms with Crippen molar-refractivity contribution in [2.75, 3.05) is 13.2 Å². The van der Waals surface area contributed by atoms with E-state index in [-0.39, 0.29) is 5.97 Å². The van der Waals surface area contributed by atoms with Crippen LogP contribution in [0.15, 0.2) is 12.3 Å². The van der Waals surface area contributed by atoms with Gasteiger partial charge in [0.05, 0.1) is 6.26 Å². The van der Waals surface area contributed by atoms with Crippen molar-refractivity contribution in [3.05, 3.63) is 12.3 Å². The molecule has 0 aliphatic carbocycles. The molecule has 58 valence electrons. The number of allylic oxidation sites excluding steroid dienone is 1. The Morgan fingerprint density at radius 3 is 2.70 bits per heavy atom. The van der Waals surface area contributed by atoms with Crippen molar-refractivity contribution in [1.29, 1.82) is 0 Å². The Kier molecular flexibility index (Phi) is 5.53. The highest BCUT2D eigenvalue weighted by Crippen LogP contribution is 1.80. The van der Waals surface area contributed by atoms with Gasteiger partial charge in [-0.1, -0.05) is 6.08 Å². The molecule has 3 nitrogen and oxygen atoms in total. The van der Waals surface area contributed by atoms with Gasteiger partial charge in [0.1, 0.15) is 13.2 Å². The predicted octanol–water partition coefficient (Wildman–Crippen LogP) is 1.10. The van der Waals surface area contributed by atoms with Crippen LogP contribution in [0.5, 0.6) is 0 Å². The summed E-state index contributed by atoms with van der Waals surface area (Å²) in [4.78, 5) is 10.2. The first-order valence-corrected chi connectivity index (χ1v) is 3.13. The van der Waals surface area contributed by atoms with Crippen molar-refractivity contribution in [1.82, 2.24) is 0 Å². The largest absolute Gasteiger partial charge is 0.498 e. The number of esters is 1. The number of hydrogen-bond donors (Lipinski definition) is 0. The minimum Gasteiger partial charge on any atom is -0.498 e. The fourth-order valence-electron chi connectivity index (χ4n) is 0.398. The minimum atomic E-state index is -0.274. The van der Waals surface area contributed by atoms with Gasteiger partial charge in [-0.15, -0.1) is 0 Å². The van der Waals surface area contributed by atoms with Crippen LogP contribution in [0.2, 0.25) is 0 Å². The van der Waals surface area contributed by atoms with Gasteiger partial charge in [0.2, 0.25) is 0 Å². The second-order valence-corrected chi connectivity index (χ2v) is 1.68. The summed E-state index contributed by atoms with van der Waals surface area (Å²) in [5.41, 5.74) is 0. The SMILES string of the molecule is CC=COCCOC(C)=O. The van der Waals surface area contributed by atoms with Gasteiger partial charge >= 0.3 is 5.97 Å². The first-order chi connectivity index (χ1) is 4.77. The second-order valence-electron chi connectivity index (χ2n) is 1.68. The van der Waals surface area contributed by atoms with Gasteiger partial charge in [0, 0.05) is 6.92 Å². The minimum absolute atomic E-state index is 0.274. The molecule has 0 aromatic carbocycles. The van der Waals surface area contributed by atoms with E-state index in [0.717, 1.165) is 0 Å². The summed E-state index contributed by atoms with van der Waals surface area (Å²) in [6, 6.07) is 0. The summed E-state index contributed by atoms with van der Waals surface area (Å²) in [7, 11) is 0. The van der Waals surface area contributed by atoms with Gasteiger partial charge in [-0.2, -0.15) is 0 Å². The van der Waals surface area contributed by atoms with E-state index in [1.165, 1.54) is 6.92 Å². The molecule has 0 heterocycles. The van der Waals surface area contributed by atoms with E-state index in [1.54, 1.807) is 12.3 Å². The number of carbonyl (C=O) groups is 1. The topological polar surface area (TPSA) is 35.5 Å². The lowest BCUT2D eigenvalue weighted by atomic mass is 10.7. The molecule has 0 aliphatic heterocycles. The Bertz CT molecular complexity index is 118. The van der Waals surface area contributed by atoms with Crippen LogP contribution >= 0.6 is 0 Å². The Balaban J connectivity index is 2.98. The highest BCUT2D eigenvalue weighted by atomic mass is 16.6. The molecule has 0 bridgehead atoms. The molecule has 0 unspecified atom stereocenters. The summed E-state index contributed by atoms with van der Waals surface area (Å²) in [6.07, 6.45) is 3.33. The van der Waals surface area contributed by atoms with Crippen molar-refractivity contribution >= 4 is 5.97 Å². The maximum absolute atomic E-state index is 10.2. The Hall–Kier alpha value is -0.990. The van der Waals surface area contributed by atoms with Crippen LogP contribution in [-0.4, -0.2) is 19.2 Å². The normalized spacial score (nSPS) is 9.80. The molecule has 0 saturated heterocycles. The third-order valence-corrected chi connectivity index (χ3v) is 0.739. The fourth-order valence-corrected chi connectivity index (χ4v) is 0.398. The molecule has 10 heavy (non-hydrogen) atoms. The predicted molar refractivity (Wildman–Crippen MR) is 37.4 cm³/mol. The van der Waals surface area contributed by atoms with Gasteiger partial charge in [0.15, 0.2) is 0 Å². The molecule has 0 atom stereocenters. The van der Waals surface area contributed by atoms with E-state index in [4.69, 9.17) is 4.74 Å². The lowest BCUT2D eigenvalue weighted by Gasteiger charge is -1.99. The van der Waals surface area contributed by atoms with E-state index in [1.807, 2.05) is 6.92 Å². The average Bonchev–Trinajstić information content (AvgIpc) is 1.87. The first kappa shape index (κ1) is 9.01. The van der Waals surface area contributed by atoms with Crippen molar-refractivity contribution in [2.45, 2.75) is 13.8 Å². The van der Waals surface area contributed by atoms with Crippen LogP contribution in [0.3, 0.4) is 0 Å². The number of carbonyl (C=O) groups excluding carboxylic acids is 1. The van der Waals surface area contributed by atoms with Crippen molar-refractivity contribution in [3.8, 4) is 0 Å². The molecule has 0 N–H and O–H groups in total. The second kappa shape index (κ2) is 6.13. The van der Waals surface area contributed by atoms with Crippen molar-refractivity contribution in [3.63, 3.8) is 0 Å². The Morgan fingerprint density at radius 1 is 1.50 bits per heavy atom. The zero-order chi connectivity index (χ0) is 7.82. The van der Waals surface area contributed by atoms with Gasteiger partial charge in [-0.05, 0) is 6.92 Å². The molecule has 0 saturated carbocycles. The summed E-state index contributed by atoms with van der Waals surface area (Å²) in [5.74, 6) is -0.274. The molecule has 0 radical (unpaired) electrons. The van der Waals surface area contributed by atoms with Gasteiger partial charge in [-0.25, -0.2) is 0 Å². The van der Waals surface area contributed by atoms with E-state index in [9.17, 15) is 4.79 Å². The quantitative estimate of drug-likeness (QED) is 0.336. The Labute approximate surface area is 60.6 Å². The molecule has 0 fully saturated rings. The molecular weight excluding hydrogens is 132 g/mol. The van der Waals surface area contributed by atoms with Crippen molar-refractivity contribution < 1.29 is 14.3 Å². The van der Waals surface area contributed by atoms with Crippen LogP contribution in [0.1, 0.15) is 13.8 Å².